The maximum absolute atomic E-state index is 12.5. The third-order valence-electron chi connectivity index (χ3n) is 4.73. The Labute approximate surface area is 196 Å². The second-order valence-electron chi connectivity index (χ2n) is 6.97. The van der Waals surface area contributed by atoms with Crippen LogP contribution in [-0.4, -0.2) is 44.3 Å². The first kappa shape index (κ1) is 25.5. The lowest BCUT2D eigenvalue weighted by Crippen LogP contribution is -2.34. The average molecular weight is 505 g/mol. The van der Waals surface area contributed by atoms with Crippen LogP contribution in [-0.2, 0) is 10.1 Å². The molecule has 0 saturated carbocycles. The van der Waals surface area contributed by atoms with Gasteiger partial charge in [-0.3, -0.25) is 10.1 Å². The Kier molecular flexibility index (Phi) is 8.93. The molecule has 10 nitrogen and oxygen atoms in total. The molecule has 13 heteroatoms. The molecule has 1 fully saturated rings. The Morgan fingerprint density at radius 3 is 2.56 bits per heavy atom. The van der Waals surface area contributed by atoms with E-state index in [1.165, 1.54) is 30.3 Å². The topological polar surface area (TPSA) is 137 Å². The SMILES string of the molecule is Cl.NN=CN1CCC(COc2cc(Cl)cc(OS(=O)(=O)c3cccc([N+](=O)[O-])c3)c2)CC1. The van der Waals surface area contributed by atoms with Crippen LogP contribution in [0.2, 0.25) is 5.02 Å². The molecule has 3 rings (SSSR count). The van der Waals surface area contributed by atoms with Gasteiger partial charge in [0.15, 0.2) is 0 Å². The highest BCUT2D eigenvalue weighted by molar-refractivity contribution is 7.87. The van der Waals surface area contributed by atoms with E-state index in [-0.39, 0.29) is 33.8 Å². The van der Waals surface area contributed by atoms with Crippen LogP contribution in [0.1, 0.15) is 12.8 Å². The Hall–Kier alpha value is -2.76. The molecule has 0 spiro atoms. The van der Waals surface area contributed by atoms with Crippen LogP contribution in [0.4, 0.5) is 5.69 Å². The monoisotopic (exact) mass is 504 g/mol. The lowest BCUT2D eigenvalue weighted by molar-refractivity contribution is -0.385. The molecule has 2 aromatic carbocycles. The molecule has 0 radical (unpaired) electrons. The average Bonchev–Trinajstić information content (AvgIpc) is 2.73. The van der Waals surface area contributed by atoms with Gasteiger partial charge in [-0.25, -0.2) is 0 Å². The second kappa shape index (κ2) is 11.2. The van der Waals surface area contributed by atoms with Crippen LogP contribution in [0.15, 0.2) is 52.5 Å². The predicted octanol–water partition coefficient (Wildman–Crippen LogP) is 3.43. The minimum atomic E-state index is -4.30. The van der Waals surface area contributed by atoms with Crippen LogP contribution in [0.5, 0.6) is 11.5 Å². The Morgan fingerprint density at radius 2 is 1.91 bits per heavy atom. The van der Waals surface area contributed by atoms with Gasteiger partial charge in [-0.1, -0.05) is 17.7 Å². The van der Waals surface area contributed by atoms with Crippen molar-refractivity contribution in [2.75, 3.05) is 19.7 Å². The zero-order valence-corrected chi connectivity index (χ0v) is 19.2. The lowest BCUT2D eigenvalue weighted by atomic mass is 9.98. The molecule has 0 bridgehead atoms. The number of hydrogen-bond donors (Lipinski definition) is 1. The van der Waals surface area contributed by atoms with Gasteiger partial charge in [-0.05, 0) is 30.9 Å². The van der Waals surface area contributed by atoms with Crippen LogP contribution in [0.25, 0.3) is 0 Å². The van der Waals surface area contributed by atoms with Gasteiger partial charge >= 0.3 is 10.1 Å². The molecule has 174 valence electrons. The van der Waals surface area contributed by atoms with Crippen LogP contribution in [0, 0.1) is 16.0 Å². The summed E-state index contributed by atoms with van der Waals surface area (Å²) < 4.78 is 36.0. The van der Waals surface area contributed by atoms with E-state index < -0.39 is 15.0 Å². The summed E-state index contributed by atoms with van der Waals surface area (Å²) in [5, 5.41) is 14.7. The molecule has 0 unspecified atom stereocenters. The molecule has 32 heavy (non-hydrogen) atoms. The number of nitrogens with zero attached hydrogens (tertiary/aromatic N) is 3. The van der Waals surface area contributed by atoms with Crippen molar-refractivity contribution in [3.05, 3.63) is 57.6 Å². The van der Waals surface area contributed by atoms with Crippen molar-refractivity contribution in [3.63, 3.8) is 0 Å². The largest absolute Gasteiger partial charge is 0.493 e. The quantitative estimate of drug-likeness (QED) is 0.144. The number of halogens is 2. The molecule has 2 aromatic rings. The maximum Gasteiger partial charge on any atom is 0.339 e. The summed E-state index contributed by atoms with van der Waals surface area (Å²) in [6.45, 7) is 2.07. The number of non-ortho nitro benzene ring substituents is 1. The van der Waals surface area contributed by atoms with Crippen molar-refractivity contribution in [2.24, 2.45) is 16.9 Å². The summed E-state index contributed by atoms with van der Waals surface area (Å²) in [7, 11) is -4.30. The van der Waals surface area contributed by atoms with E-state index in [0.717, 1.165) is 32.0 Å². The zero-order valence-electron chi connectivity index (χ0n) is 16.8. The van der Waals surface area contributed by atoms with Crippen molar-refractivity contribution in [3.8, 4) is 11.5 Å². The third kappa shape index (κ3) is 6.87. The van der Waals surface area contributed by atoms with Crippen LogP contribution >= 0.6 is 24.0 Å². The summed E-state index contributed by atoms with van der Waals surface area (Å²) in [5.41, 5.74) is -0.358. The van der Waals surface area contributed by atoms with Crippen molar-refractivity contribution in [1.29, 1.82) is 0 Å². The number of hydrazone groups is 1. The van der Waals surface area contributed by atoms with E-state index in [2.05, 4.69) is 5.10 Å². The van der Waals surface area contributed by atoms with Crippen molar-refractivity contribution < 1.29 is 22.3 Å². The fraction of sp³-hybridized carbons (Fsp3) is 0.316. The van der Waals surface area contributed by atoms with E-state index in [0.29, 0.717) is 18.3 Å². The van der Waals surface area contributed by atoms with E-state index in [1.54, 1.807) is 12.4 Å². The summed E-state index contributed by atoms with van der Waals surface area (Å²) in [5.74, 6) is 5.79. The molecule has 1 aliphatic heterocycles. The molecular formula is C19H22Cl2N4O6S. The van der Waals surface area contributed by atoms with Gasteiger partial charge in [-0.15, -0.1) is 12.4 Å². The first-order valence-corrected chi connectivity index (χ1v) is 11.2. The minimum Gasteiger partial charge on any atom is -0.493 e. The molecule has 2 N–H and O–H groups in total. The van der Waals surface area contributed by atoms with Crippen molar-refractivity contribution in [2.45, 2.75) is 17.7 Å². The van der Waals surface area contributed by atoms with Crippen LogP contribution < -0.4 is 14.8 Å². The van der Waals surface area contributed by atoms with Gasteiger partial charge in [0.1, 0.15) is 22.7 Å². The van der Waals surface area contributed by atoms with Gasteiger partial charge in [0.05, 0.1) is 11.5 Å². The highest BCUT2D eigenvalue weighted by atomic mass is 35.5. The number of likely N-dealkylation sites (tertiary alicyclic amines) is 1. The number of ether oxygens (including phenoxy) is 1. The Balaban J connectivity index is 0.00000363. The molecule has 1 heterocycles. The fourth-order valence-corrected chi connectivity index (χ4v) is 4.31. The van der Waals surface area contributed by atoms with Gasteiger partial charge < -0.3 is 19.7 Å². The highest BCUT2D eigenvalue weighted by Crippen LogP contribution is 2.30. The van der Waals surface area contributed by atoms with Gasteiger partial charge in [0.25, 0.3) is 5.69 Å². The smallest absolute Gasteiger partial charge is 0.339 e. The van der Waals surface area contributed by atoms with E-state index in [1.807, 2.05) is 4.90 Å². The molecule has 0 aromatic heterocycles. The zero-order chi connectivity index (χ0) is 22.4. The number of nitro benzene ring substituents is 1. The number of nitro groups is 1. The predicted molar refractivity (Wildman–Crippen MR) is 122 cm³/mol. The Morgan fingerprint density at radius 1 is 1.22 bits per heavy atom. The van der Waals surface area contributed by atoms with Gasteiger partial charge in [-0.2, -0.15) is 13.5 Å². The molecular weight excluding hydrogens is 483 g/mol. The molecule has 1 aliphatic rings. The molecule has 0 atom stereocenters. The number of benzene rings is 2. The number of rotatable bonds is 8. The van der Waals surface area contributed by atoms with Gasteiger partial charge in [0, 0.05) is 42.4 Å². The van der Waals surface area contributed by atoms with Crippen LogP contribution in [0.3, 0.4) is 0 Å². The minimum absolute atomic E-state index is 0. The van der Waals surface area contributed by atoms with E-state index in [4.69, 9.17) is 26.4 Å². The molecule has 1 saturated heterocycles. The van der Waals surface area contributed by atoms with E-state index >= 15 is 0 Å². The first-order valence-electron chi connectivity index (χ1n) is 9.36. The van der Waals surface area contributed by atoms with Gasteiger partial charge in [0.2, 0.25) is 0 Å². The van der Waals surface area contributed by atoms with E-state index in [9.17, 15) is 18.5 Å². The first-order chi connectivity index (χ1) is 14.8. The summed E-state index contributed by atoms with van der Waals surface area (Å²) in [6.07, 6.45) is 3.41. The number of nitrogens with two attached hydrogens (primary N) is 1. The maximum atomic E-state index is 12.5. The normalized spacial score (nSPS) is 14.7. The standard InChI is InChI=1S/C19H21ClN4O6S.ClH/c20-15-8-17(29-12-14-4-6-23(7-5-14)13-22-21)11-18(9-15)30-31(27,28)19-3-1-2-16(10-19)24(25)26;/h1-3,8-11,13-14H,4-7,12,21H2;1H. The summed E-state index contributed by atoms with van der Waals surface area (Å²) in [4.78, 5) is 11.9. The van der Waals surface area contributed by atoms with Crippen molar-refractivity contribution >= 4 is 46.2 Å². The summed E-state index contributed by atoms with van der Waals surface area (Å²) in [6, 6.07) is 8.91. The fourth-order valence-electron chi connectivity index (χ4n) is 3.14. The lowest BCUT2D eigenvalue weighted by Gasteiger charge is -2.30. The summed E-state index contributed by atoms with van der Waals surface area (Å²) >= 11 is 6.09. The number of piperidine rings is 1. The third-order valence-corrected chi connectivity index (χ3v) is 6.19. The molecule has 0 amide bonds. The number of hydrogen-bond acceptors (Lipinski definition) is 8. The van der Waals surface area contributed by atoms with Crippen molar-refractivity contribution in [1.82, 2.24) is 4.90 Å². The Bertz CT molecular complexity index is 1080. The molecule has 0 aliphatic carbocycles. The second-order valence-corrected chi connectivity index (χ2v) is 8.95. The highest BCUT2D eigenvalue weighted by Gasteiger charge is 2.21.